The van der Waals surface area contributed by atoms with E-state index in [2.05, 4.69) is 12.8 Å². The molecule has 84 spiro atoms. The van der Waals surface area contributed by atoms with Gasteiger partial charge >= 0.3 is 0 Å². The van der Waals surface area contributed by atoms with Gasteiger partial charge in [0, 0.05) is 0 Å². The molecule has 128 heavy (non-hydrogen) atoms. The van der Waals surface area contributed by atoms with E-state index < -0.39 is 0 Å². The van der Waals surface area contributed by atoms with E-state index in [0.29, 0.717) is 0 Å². The lowest BCUT2D eigenvalue weighted by molar-refractivity contribution is -1.06. The van der Waals surface area contributed by atoms with E-state index in [1.165, 1.54) is 382 Å². The number of hydrogen-bond donors (Lipinski definition) is 0. The second kappa shape index (κ2) is 5.18. The molecule has 0 saturated heterocycles. The van der Waals surface area contributed by atoms with Gasteiger partial charge < -0.3 is 0 Å². The van der Waals surface area contributed by atoms with Crippen LogP contribution in [0.4, 0.5) is 0 Å². The van der Waals surface area contributed by atoms with Gasteiger partial charge in [0.1, 0.15) is 0 Å². The smallest absolute Gasteiger partial charge is 0.00000138 e. The molecule has 0 heterocycles. The van der Waals surface area contributed by atoms with Crippen LogP contribution in [-0.4, -0.2) is 0 Å². The molecule has 104 rings (SSSR count). The molecule has 0 bridgehead atoms. The SMILES string of the molecule is C1C2C3C4C5CC6C7C89CCC%10%11CC%12C%13C%14C%15C%16C%17C%18C%19C%20C%21C%22C%23C%24CC%25C%26C%27C%28C%29C%30C1C21C2C%31C%32C%33C%34C%35C%36C%37C3%38C43C4C56C75C46C34C%383C%377C%36%37C%35%36C%34%35C%33%34C%32%33C%31%32C2%31C%301C%291C%282C%27%28C%26%27C%25%24C%23%24C%22%23C%21%22C%20%21C%19%20C%18%19C%17%18C%16%17C%15%16C%14%15C%13%14C%12%10C%10%12C%11C%11C8C8%13C%11%10C%10%11C%12%14C%15%12C%16%14C%17%15C%18%16C%19%17C%20%18C%21%19C%22%20C%23%21C%27%24C%28%22C2%23C1%31C%321C%332C%34%24C%35%25C%36%26C%37%27C7%28C37C43C6(C958)C%13%10C34C%11%12C%143C%155C%166C%178C%189C%19%10C%20%11C%22%21C%231C2%11C%24%10C%259C%268C%276C%285C743. The summed E-state index contributed by atoms with van der Waals surface area (Å²) in [5.41, 5.74) is 96.3. The molecule has 0 N–H and O–H groups in total. The fourth-order valence-corrected chi connectivity index (χ4v) is 165. The summed E-state index contributed by atoms with van der Waals surface area (Å²) in [5, 5.41) is 0. The van der Waals surface area contributed by atoms with E-state index in [1.807, 2.05) is 25.7 Å². The van der Waals surface area contributed by atoms with Crippen molar-refractivity contribution in [3.05, 3.63) is 227 Å². The molecule has 104 saturated carbocycles. The van der Waals surface area contributed by atoms with Crippen molar-refractivity contribution in [2.75, 3.05) is 0 Å². The largest absolute Gasteiger partial charge is 0.0461 e. The van der Waals surface area contributed by atoms with Crippen molar-refractivity contribution in [2.45, 2.75) is 38.5 Å². The Balaban J connectivity index is 0.561. The Kier molecular flexibility index (Phi) is 1.57. The van der Waals surface area contributed by atoms with Crippen LogP contribution in [0, 0.1) is 680 Å². The third-order valence-corrected chi connectivity index (χ3v) is 123. The van der Waals surface area contributed by atoms with E-state index in [1.54, 1.807) is 0 Å². The van der Waals surface area contributed by atoms with Gasteiger partial charge in [-0.2, -0.15) is 0 Å². The lowest BCUT2D eigenvalue weighted by Gasteiger charge is -3.84. The normalized spacial score (nSPS) is 159. The Labute approximate surface area is 712 Å². The number of fused-ring (bicyclic) bond motifs is 22. The van der Waals surface area contributed by atoms with Gasteiger partial charge in [-0.1, -0.05) is 0 Å². The van der Waals surface area contributed by atoms with Gasteiger partial charge in [0.2, 0.25) is 0 Å². The highest BCUT2D eigenvalue weighted by molar-refractivity contribution is 7.01. The van der Waals surface area contributed by atoms with Gasteiger partial charge in [-0.3, -0.25) is 0 Å². The molecular weight excluding hydrogens is 1540 g/mol. The molecule has 0 amide bonds. The van der Waals surface area contributed by atoms with Crippen LogP contribution in [0.3, 0.4) is 0 Å². The zero-order chi connectivity index (χ0) is 68.2. The van der Waals surface area contributed by atoms with Gasteiger partial charge in [0.05, 0.1) is 0 Å². The summed E-state index contributed by atoms with van der Waals surface area (Å²) in [5.74, 6) is 56.1. The average Bonchev–Trinajstić information content (AvgIpc) is 0.431. The predicted molar refractivity (Wildman–Crippen MR) is 399 cm³/mol. The maximum Gasteiger partial charge on any atom is -0.00000138 e. The minimum Gasteiger partial charge on any atom is -0.0461 e. The van der Waals surface area contributed by atoms with Gasteiger partial charge in [0.25, 0.3) is 0 Å². The number of hydrogen-bond acceptors (Lipinski definition) is 0. The molecule has 0 aromatic heterocycles. The van der Waals surface area contributed by atoms with Crippen LogP contribution in [0.5, 0.6) is 0 Å². The Morgan fingerprint density at radius 2 is 0.430 bits per heavy atom. The van der Waals surface area contributed by atoms with Gasteiger partial charge in [0.15, 0.2) is 0 Å². The highest BCUT2D eigenvalue weighted by Crippen LogP contribution is 4.00. The molecule has 0 aromatic carbocycles. The van der Waals surface area contributed by atoms with Crippen LogP contribution in [0.25, 0.3) is 0 Å². The van der Waals surface area contributed by atoms with Crippen molar-refractivity contribution < 1.29 is 0 Å². The Morgan fingerprint density at radius 3 is 0.945 bits per heavy atom. The van der Waals surface area contributed by atoms with Crippen LogP contribution in [0.1, 0.15) is 38.5 Å². The molecule has 0 radical (unpaired) electrons. The van der Waals surface area contributed by atoms with Gasteiger partial charge in [-0.05, 0) is 718 Å². The first-order chi connectivity index (χ1) is 63.7. The highest BCUT2D eigenvalue weighted by Gasteiger charge is 3.94. The average molecular weight is 1590 g/mol. The molecule has 0 aromatic rings. The van der Waals surface area contributed by atoms with Crippen LogP contribution in [-0.2, 0) is 0 Å². The van der Waals surface area contributed by atoms with Gasteiger partial charge in [-0.25, -0.2) is 0 Å². The fourth-order valence-electron chi connectivity index (χ4n) is 165. The summed E-state index contributed by atoms with van der Waals surface area (Å²) < 4.78 is 0. The molecular formula is C128H50. The van der Waals surface area contributed by atoms with E-state index in [-0.39, 0.29) is 0 Å². The summed E-state index contributed by atoms with van der Waals surface area (Å²) in [6.45, 7) is 0. The third-order valence-electron chi connectivity index (χ3n) is 123. The van der Waals surface area contributed by atoms with Crippen LogP contribution >= 0.6 is 0 Å². The molecule has 104 aliphatic carbocycles. The van der Waals surface area contributed by atoms with E-state index in [4.69, 9.17) is 0 Å². The minimum atomic E-state index is 1.01. The van der Waals surface area contributed by atoms with Crippen molar-refractivity contribution in [1.29, 1.82) is 0 Å². The molecule has 0 heteroatoms. The Bertz CT molecular complexity index is 11600. The van der Waals surface area contributed by atoms with E-state index in [9.17, 15) is 0 Å². The second-order valence-electron chi connectivity index (χ2n) is 87.8. The molecule has 562 valence electrons. The first-order valence-electron chi connectivity index (χ1n) is 63.7. The third kappa shape index (κ3) is 0.670. The fraction of sp³-hybridized carbons (Fsp3) is 1.00. The van der Waals surface area contributed by atoms with Crippen molar-refractivity contribution in [3.8, 4) is 0 Å². The summed E-state index contributed by atoms with van der Waals surface area (Å²) >= 11 is 0. The van der Waals surface area contributed by atoms with E-state index in [0.717, 1.165) is 298 Å². The standard InChI is InChI=1S/C128H50/c1-2-46-39-12-4-8-15-14-7-3-9-16-20-24-21-17-10-5-11-18-22-25-27-29-31-30-28-26-23-19-13-6-45(1)40-38-41(46)79-75(38)77(40)52(13,45)56(19)60(23)63(26)65(28)67(30)68(31)66(29)64(27)62(25)59(22)55(18)49(10,11)54(17)58(21)61(24)57(20)53(16)47(7,9)42-36-34-32-33-35-37-43-50(14)51(15)44-48(8,12)76(39)81(44)84(51)83(50)80(43)74(37)72(35)70(33)69(32)71(34)73(36)78(42,53)87(57)90(61)88(58)85(54,55)89(59)94(62)97(64)100(66)102(68)101(67)98(65)95(63)91(60)86(56,77)93(75)106(79)108(81,82(46,76)79)110(84)109(83)107(80)105(74)104(72)103(70)99(69)96(71)92(73,87)112(90)111(88,89)114(94)115(96,112)118(99)117(97,114)120(100)121(103,118)124(104)123(102,120)122(101)119(98)116(95)113(91,93)126(106,110)128(109,116)127(107,119)125(105,122)124/h7-44H,1-6H2. The second-order valence-corrected chi connectivity index (χ2v) is 87.8. The topological polar surface area (TPSA) is 0 Å². The Morgan fingerprint density at radius 1 is 0.125 bits per heavy atom. The first kappa shape index (κ1) is 38.7. The Hall–Kier alpha value is 0. The zero-order valence-electron chi connectivity index (χ0n) is 68.2. The van der Waals surface area contributed by atoms with Crippen LogP contribution in [0.15, 0.2) is 0 Å². The summed E-state index contributed by atoms with van der Waals surface area (Å²) in [4.78, 5) is 0. The molecule has 0 aliphatic heterocycles. The van der Waals surface area contributed by atoms with E-state index >= 15 is 0 Å². The van der Waals surface area contributed by atoms with Crippen molar-refractivity contribution in [2.24, 2.45) is 452 Å². The molecule has 104 aliphatic rings. The quantitative estimate of drug-likeness (QED) is 0.227. The highest BCUT2D eigenvalue weighted by atomic mass is 16.0. The van der Waals surface area contributed by atoms with Crippen molar-refractivity contribution in [1.82, 2.24) is 0 Å². The van der Waals surface area contributed by atoms with Gasteiger partial charge in [-0.15, -0.1) is 0 Å². The summed E-state index contributed by atoms with van der Waals surface area (Å²) in [7, 11) is 0. The maximum atomic E-state index is 2.10. The monoisotopic (exact) mass is 1590 g/mol. The van der Waals surface area contributed by atoms with Crippen LogP contribution < -0.4 is 0 Å². The zero-order valence-corrected chi connectivity index (χ0v) is 68.2. The van der Waals surface area contributed by atoms with Crippen molar-refractivity contribution >= 4 is 0 Å². The number of rotatable bonds is 0. The lowest BCUT2D eigenvalue weighted by Crippen LogP contribution is -3.79. The van der Waals surface area contributed by atoms with Crippen LogP contribution in [0.2, 0.25) is 0 Å². The summed E-state index contributed by atoms with van der Waals surface area (Å²) in [6.07, 6.45) is 12.3. The summed E-state index contributed by atoms with van der Waals surface area (Å²) in [6, 6.07) is 0. The molecule has 122 unspecified atom stereocenters. The molecule has 0 nitrogen and oxygen atoms in total. The van der Waals surface area contributed by atoms with Crippen molar-refractivity contribution in [3.63, 3.8) is 0 Å². The maximum absolute atomic E-state index is 2.10. The lowest BCUT2D eigenvalue weighted by atomic mass is 8.17. The molecule has 122 atom stereocenters. The minimum absolute atomic E-state index is 1.01. The molecule has 104 fully saturated rings. The predicted octanol–water partition coefficient (Wildman–Crippen LogP) is 10.4. The first-order valence-corrected chi connectivity index (χ1v) is 63.7.